The minimum atomic E-state index is -1.48. The highest BCUT2D eigenvalue weighted by atomic mass is 16.5. The minimum absolute atomic E-state index is 0.178. The van der Waals surface area contributed by atoms with Gasteiger partial charge in [-0.1, -0.05) is 25.7 Å². The van der Waals surface area contributed by atoms with E-state index in [2.05, 4.69) is 11.3 Å². The second-order valence-electron chi connectivity index (χ2n) is 3.36. The van der Waals surface area contributed by atoms with Crippen LogP contribution in [0.4, 0.5) is 0 Å². The normalized spacial score (nSPS) is 32.5. The number of hydrogen-bond acceptors (Lipinski definition) is 3. The van der Waals surface area contributed by atoms with Gasteiger partial charge in [0.15, 0.2) is 5.60 Å². The Hall–Kier alpha value is -1.09. The first-order valence-corrected chi connectivity index (χ1v) is 4.20. The summed E-state index contributed by atoms with van der Waals surface area (Å²) in [6, 6.07) is 0. The lowest BCUT2D eigenvalue weighted by molar-refractivity contribution is -0.158. The van der Waals surface area contributed by atoms with Crippen molar-refractivity contribution in [3.8, 4) is 0 Å². The number of ether oxygens (including phenoxy) is 1. The molecule has 0 saturated carbocycles. The maximum atomic E-state index is 11.3. The second kappa shape index (κ2) is 3.34. The highest BCUT2D eigenvalue weighted by Crippen LogP contribution is 2.35. The van der Waals surface area contributed by atoms with Gasteiger partial charge in [-0.15, -0.1) is 0 Å². The first-order chi connectivity index (χ1) is 6.04. The van der Waals surface area contributed by atoms with Crippen molar-refractivity contribution in [3.05, 3.63) is 24.3 Å². The van der Waals surface area contributed by atoms with Gasteiger partial charge < -0.3 is 9.84 Å². The van der Waals surface area contributed by atoms with E-state index in [9.17, 15) is 9.90 Å². The number of esters is 1. The molecule has 0 bridgehead atoms. The number of allylic oxidation sites excluding steroid dienone is 1. The zero-order valence-electron chi connectivity index (χ0n) is 7.91. The molecule has 0 aromatic rings. The Labute approximate surface area is 77.7 Å². The van der Waals surface area contributed by atoms with E-state index in [0.717, 1.165) is 0 Å². The molecule has 72 valence electrons. The third-order valence-corrected chi connectivity index (χ3v) is 2.30. The zero-order chi connectivity index (χ0) is 10.1. The molecule has 0 spiro atoms. The summed E-state index contributed by atoms with van der Waals surface area (Å²) in [5.74, 6) is -0.430. The van der Waals surface area contributed by atoms with E-state index in [4.69, 9.17) is 0 Å². The van der Waals surface area contributed by atoms with Crippen LogP contribution in [0.25, 0.3) is 0 Å². The van der Waals surface area contributed by atoms with Gasteiger partial charge in [-0.3, -0.25) is 0 Å². The van der Waals surface area contributed by atoms with Crippen LogP contribution in [0.3, 0.4) is 0 Å². The van der Waals surface area contributed by atoms with E-state index in [-0.39, 0.29) is 5.92 Å². The molecule has 0 saturated heterocycles. The molecule has 3 nitrogen and oxygen atoms in total. The molecule has 13 heavy (non-hydrogen) atoms. The van der Waals surface area contributed by atoms with E-state index < -0.39 is 11.6 Å². The van der Waals surface area contributed by atoms with Gasteiger partial charge in [0.25, 0.3) is 0 Å². The highest BCUT2D eigenvalue weighted by molar-refractivity contribution is 5.85. The summed E-state index contributed by atoms with van der Waals surface area (Å²) in [5, 5.41) is 9.98. The number of hydrogen-bond donors (Lipinski definition) is 1. The van der Waals surface area contributed by atoms with Crippen molar-refractivity contribution in [3.63, 3.8) is 0 Å². The highest BCUT2D eigenvalue weighted by Gasteiger charge is 2.44. The molecule has 1 unspecified atom stereocenters. The molecular formula is C10H14O3. The summed E-state index contributed by atoms with van der Waals surface area (Å²) < 4.78 is 4.54. The third kappa shape index (κ3) is 1.52. The van der Waals surface area contributed by atoms with Crippen molar-refractivity contribution in [2.45, 2.75) is 18.9 Å². The number of carbonyl (C=O) groups is 1. The average molecular weight is 182 g/mol. The van der Waals surface area contributed by atoms with Crippen molar-refractivity contribution in [2.75, 3.05) is 7.11 Å². The predicted octanol–water partition coefficient (Wildman–Crippen LogP) is 1.04. The summed E-state index contributed by atoms with van der Waals surface area (Å²) in [6.07, 6.45) is 3.71. The van der Waals surface area contributed by atoms with Crippen LogP contribution in [0, 0.1) is 5.92 Å². The smallest absolute Gasteiger partial charge is 0.342 e. The van der Waals surface area contributed by atoms with Crippen LogP contribution in [0.15, 0.2) is 24.3 Å². The van der Waals surface area contributed by atoms with Crippen LogP contribution in [0.2, 0.25) is 0 Å². The zero-order valence-corrected chi connectivity index (χ0v) is 7.91. The molecule has 0 fully saturated rings. The molecule has 0 aliphatic heterocycles. The Bertz CT molecular complexity index is 267. The summed E-state index contributed by atoms with van der Waals surface area (Å²) >= 11 is 0. The van der Waals surface area contributed by atoms with Crippen LogP contribution < -0.4 is 0 Å². The van der Waals surface area contributed by atoms with Gasteiger partial charge in [-0.05, 0) is 17.9 Å². The molecule has 0 aromatic heterocycles. The van der Waals surface area contributed by atoms with E-state index in [1.54, 1.807) is 0 Å². The number of rotatable bonds is 2. The Kier molecular flexibility index (Phi) is 2.57. The number of methoxy groups -OCH3 is 1. The standard InChI is InChI=1S/C10H14O3/c1-4-8-5-7(2)6-10(8,12)9(11)13-3/h4-5,7,12H,1,6H2,2-3H3/t7?,10-/m1/s1. The van der Waals surface area contributed by atoms with Crippen molar-refractivity contribution in [1.29, 1.82) is 0 Å². The first-order valence-electron chi connectivity index (χ1n) is 4.20. The van der Waals surface area contributed by atoms with Gasteiger partial charge in [-0.2, -0.15) is 0 Å². The van der Waals surface area contributed by atoms with E-state index in [0.29, 0.717) is 12.0 Å². The summed E-state index contributed by atoms with van der Waals surface area (Å²) in [7, 11) is 1.27. The number of aliphatic hydroxyl groups is 1. The number of carbonyl (C=O) groups excluding carboxylic acids is 1. The van der Waals surface area contributed by atoms with Crippen LogP contribution in [-0.2, 0) is 9.53 Å². The van der Waals surface area contributed by atoms with E-state index in [1.165, 1.54) is 13.2 Å². The van der Waals surface area contributed by atoms with Gasteiger partial charge in [0, 0.05) is 0 Å². The van der Waals surface area contributed by atoms with Crippen molar-refractivity contribution >= 4 is 5.97 Å². The lowest BCUT2D eigenvalue weighted by Crippen LogP contribution is -2.39. The monoisotopic (exact) mass is 182 g/mol. The molecular weight excluding hydrogens is 168 g/mol. The van der Waals surface area contributed by atoms with Gasteiger partial charge in [0.05, 0.1) is 7.11 Å². The molecule has 0 heterocycles. The fourth-order valence-corrected chi connectivity index (χ4v) is 1.69. The second-order valence-corrected chi connectivity index (χ2v) is 3.36. The summed E-state index contributed by atoms with van der Waals surface area (Å²) in [6.45, 7) is 5.49. The Morgan fingerprint density at radius 3 is 3.00 bits per heavy atom. The van der Waals surface area contributed by atoms with E-state index >= 15 is 0 Å². The maximum Gasteiger partial charge on any atom is 0.342 e. The fraction of sp³-hybridized carbons (Fsp3) is 0.500. The third-order valence-electron chi connectivity index (χ3n) is 2.30. The lowest BCUT2D eigenvalue weighted by Gasteiger charge is -2.21. The fourth-order valence-electron chi connectivity index (χ4n) is 1.69. The van der Waals surface area contributed by atoms with Crippen molar-refractivity contribution in [2.24, 2.45) is 5.92 Å². The largest absolute Gasteiger partial charge is 0.467 e. The van der Waals surface area contributed by atoms with Crippen molar-refractivity contribution < 1.29 is 14.6 Å². The molecule has 1 aliphatic rings. The molecule has 0 radical (unpaired) electrons. The summed E-state index contributed by atoms with van der Waals surface area (Å²) in [5.41, 5.74) is -0.928. The van der Waals surface area contributed by atoms with Crippen LogP contribution >= 0.6 is 0 Å². The Morgan fingerprint density at radius 1 is 1.92 bits per heavy atom. The van der Waals surface area contributed by atoms with Crippen LogP contribution in [0.1, 0.15) is 13.3 Å². The minimum Gasteiger partial charge on any atom is -0.467 e. The maximum absolute atomic E-state index is 11.3. The van der Waals surface area contributed by atoms with Crippen molar-refractivity contribution in [1.82, 2.24) is 0 Å². The van der Waals surface area contributed by atoms with Gasteiger partial charge >= 0.3 is 5.97 Å². The van der Waals surface area contributed by atoms with Crippen LogP contribution in [-0.4, -0.2) is 23.8 Å². The topological polar surface area (TPSA) is 46.5 Å². The Morgan fingerprint density at radius 2 is 2.54 bits per heavy atom. The molecule has 0 aromatic carbocycles. The summed E-state index contributed by atoms with van der Waals surface area (Å²) in [4.78, 5) is 11.3. The average Bonchev–Trinajstić information content (AvgIpc) is 2.40. The van der Waals surface area contributed by atoms with Gasteiger partial charge in [0.2, 0.25) is 0 Å². The molecule has 1 rings (SSSR count). The molecule has 1 N–H and O–H groups in total. The van der Waals surface area contributed by atoms with Gasteiger partial charge in [-0.25, -0.2) is 4.79 Å². The SMILES string of the molecule is C=CC1=CC(C)C[C@]1(O)C(=O)OC. The molecule has 3 heteroatoms. The molecule has 2 atom stereocenters. The van der Waals surface area contributed by atoms with Gasteiger partial charge in [0.1, 0.15) is 0 Å². The molecule has 0 amide bonds. The Balaban J connectivity index is 2.98. The van der Waals surface area contributed by atoms with Crippen LogP contribution in [0.5, 0.6) is 0 Å². The predicted molar refractivity (Wildman–Crippen MR) is 49.0 cm³/mol. The van der Waals surface area contributed by atoms with E-state index in [1.807, 2.05) is 13.0 Å². The quantitative estimate of drug-likeness (QED) is 0.649. The lowest BCUT2D eigenvalue weighted by atomic mass is 9.94. The molecule has 1 aliphatic carbocycles. The first kappa shape index (κ1) is 9.99.